The van der Waals surface area contributed by atoms with Crippen molar-refractivity contribution < 1.29 is 19.1 Å². The highest BCUT2D eigenvalue weighted by atomic mass is 16.5. The van der Waals surface area contributed by atoms with Crippen molar-refractivity contribution in [2.45, 2.75) is 251 Å². The number of unbranched alkanes of at least 4 members (excludes halogenated alkanes) is 32. The first-order chi connectivity index (χ1) is 23.2. The molecule has 0 saturated heterocycles. The van der Waals surface area contributed by atoms with Gasteiger partial charge in [0.1, 0.15) is 0 Å². The summed E-state index contributed by atoms with van der Waals surface area (Å²) in [4.78, 5) is 23.9. The molecule has 0 radical (unpaired) electrons. The highest BCUT2D eigenvalue weighted by Crippen LogP contribution is 2.16. The maximum absolute atomic E-state index is 12.0. The van der Waals surface area contributed by atoms with Crippen LogP contribution in [-0.2, 0) is 19.1 Å². The van der Waals surface area contributed by atoms with Crippen LogP contribution in [0.2, 0.25) is 0 Å². The van der Waals surface area contributed by atoms with Crippen LogP contribution in [0.25, 0.3) is 0 Å². The van der Waals surface area contributed by atoms with Crippen LogP contribution in [0, 0.1) is 0 Å². The van der Waals surface area contributed by atoms with Crippen molar-refractivity contribution in [1.82, 2.24) is 0 Å². The molecule has 0 heterocycles. The highest BCUT2D eigenvalue weighted by Gasteiger charge is 2.05. The molecular weight excluding hydrogens is 580 g/mol. The fourth-order valence-corrected chi connectivity index (χ4v) is 6.56. The molecule has 0 bridgehead atoms. The molecule has 0 atom stereocenters. The third kappa shape index (κ3) is 41.0. The topological polar surface area (TPSA) is 52.6 Å². The molecular formula is C43H84O4. The molecule has 47 heavy (non-hydrogen) atoms. The monoisotopic (exact) mass is 665 g/mol. The summed E-state index contributed by atoms with van der Waals surface area (Å²) < 4.78 is 10.6. The van der Waals surface area contributed by atoms with E-state index in [4.69, 9.17) is 9.47 Å². The average molecular weight is 665 g/mol. The van der Waals surface area contributed by atoms with Gasteiger partial charge in [-0.2, -0.15) is 0 Å². The number of ether oxygens (including phenoxy) is 2. The Morgan fingerprint density at radius 1 is 0.277 bits per heavy atom. The number of carbonyl (C=O) groups excluding carboxylic acids is 2. The van der Waals surface area contributed by atoms with Crippen LogP contribution in [0.3, 0.4) is 0 Å². The maximum atomic E-state index is 12.0. The number of hydrogen-bond donors (Lipinski definition) is 0. The first-order valence-electron chi connectivity index (χ1n) is 21.5. The van der Waals surface area contributed by atoms with E-state index in [2.05, 4.69) is 13.8 Å². The van der Waals surface area contributed by atoms with Crippen LogP contribution < -0.4 is 0 Å². The SMILES string of the molecule is CCCCCCCCCCCCCCCCCCCC(=O)OCCCOC(=O)CCCCCCCCCCCCCCCCCCC. The molecule has 4 nitrogen and oxygen atoms in total. The first-order valence-corrected chi connectivity index (χ1v) is 21.5. The molecule has 4 heteroatoms. The lowest BCUT2D eigenvalue weighted by Crippen LogP contribution is -2.10. The lowest BCUT2D eigenvalue weighted by Gasteiger charge is -2.07. The van der Waals surface area contributed by atoms with E-state index in [0.717, 1.165) is 25.7 Å². The zero-order chi connectivity index (χ0) is 34.1. The number of rotatable bonds is 40. The van der Waals surface area contributed by atoms with E-state index in [1.54, 1.807) is 0 Å². The summed E-state index contributed by atoms with van der Waals surface area (Å²) in [7, 11) is 0. The van der Waals surface area contributed by atoms with Gasteiger partial charge in [-0.15, -0.1) is 0 Å². The Bertz CT molecular complexity index is 567. The Morgan fingerprint density at radius 2 is 0.468 bits per heavy atom. The molecule has 0 aliphatic carbocycles. The van der Waals surface area contributed by atoms with E-state index in [1.165, 1.54) is 193 Å². The van der Waals surface area contributed by atoms with Crippen molar-refractivity contribution in [3.05, 3.63) is 0 Å². The van der Waals surface area contributed by atoms with Crippen molar-refractivity contribution >= 4 is 11.9 Å². The highest BCUT2D eigenvalue weighted by molar-refractivity contribution is 5.69. The summed E-state index contributed by atoms with van der Waals surface area (Å²) in [6, 6.07) is 0. The quantitative estimate of drug-likeness (QED) is 0.0483. The zero-order valence-electron chi connectivity index (χ0n) is 32.2. The fourth-order valence-electron chi connectivity index (χ4n) is 6.56. The third-order valence-electron chi connectivity index (χ3n) is 9.78. The summed E-state index contributed by atoms with van der Waals surface area (Å²) >= 11 is 0. The molecule has 0 aromatic heterocycles. The molecule has 0 unspecified atom stereocenters. The van der Waals surface area contributed by atoms with Gasteiger partial charge in [-0.1, -0.05) is 219 Å². The van der Waals surface area contributed by atoms with E-state index in [-0.39, 0.29) is 11.9 Å². The van der Waals surface area contributed by atoms with Gasteiger partial charge in [0.2, 0.25) is 0 Å². The Balaban J connectivity index is 3.24. The molecule has 0 aromatic rings. The molecule has 0 aromatic carbocycles. The van der Waals surface area contributed by atoms with Crippen molar-refractivity contribution in [2.75, 3.05) is 13.2 Å². The van der Waals surface area contributed by atoms with Crippen LogP contribution in [0.15, 0.2) is 0 Å². The van der Waals surface area contributed by atoms with E-state index >= 15 is 0 Å². The summed E-state index contributed by atoms with van der Waals surface area (Å²) in [5.74, 6) is -0.221. The van der Waals surface area contributed by atoms with E-state index < -0.39 is 0 Å². The maximum Gasteiger partial charge on any atom is 0.305 e. The smallest absolute Gasteiger partial charge is 0.305 e. The van der Waals surface area contributed by atoms with Crippen LogP contribution >= 0.6 is 0 Å². The molecule has 0 aliphatic rings. The second kappa shape index (κ2) is 41.1. The minimum absolute atomic E-state index is 0.110. The zero-order valence-corrected chi connectivity index (χ0v) is 32.2. The molecule has 0 amide bonds. The van der Waals surface area contributed by atoms with E-state index in [0.29, 0.717) is 32.5 Å². The van der Waals surface area contributed by atoms with Crippen LogP contribution in [0.4, 0.5) is 0 Å². The molecule has 0 N–H and O–H groups in total. The largest absolute Gasteiger partial charge is 0.466 e. The van der Waals surface area contributed by atoms with Crippen LogP contribution in [0.1, 0.15) is 251 Å². The minimum atomic E-state index is -0.110. The Hall–Kier alpha value is -1.06. The van der Waals surface area contributed by atoms with E-state index in [9.17, 15) is 9.59 Å². The van der Waals surface area contributed by atoms with Crippen molar-refractivity contribution in [3.8, 4) is 0 Å². The predicted octanol–water partition coefficient (Wildman–Crippen LogP) is 14.5. The van der Waals surface area contributed by atoms with Gasteiger partial charge in [0, 0.05) is 19.3 Å². The van der Waals surface area contributed by atoms with Crippen molar-refractivity contribution in [2.24, 2.45) is 0 Å². The van der Waals surface area contributed by atoms with Gasteiger partial charge in [-0.25, -0.2) is 0 Å². The molecule has 280 valence electrons. The summed E-state index contributed by atoms with van der Waals surface area (Å²) in [6.45, 7) is 5.27. The number of hydrogen-bond acceptors (Lipinski definition) is 4. The fraction of sp³-hybridized carbons (Fsp3) is 0.953. The minimum Gasteiger partial charge on any atom is -0.466 e. The predicted molar refractivity (Wildman–Crippen MR) is 204 cm³/mol. The molecule has 0 saturated carbocycles. The van der Waals surface area contributed by atoms with E-state index in [1.807, 2.05) is 0 Å². The second-order valence-corrected chi connectivity index (χ2v) is 14.6. The van der Waals surface area contributed by atoms with Gasteiger partial charge < -0.3 is 9.47 Å². The lowest BCUT2D eigenvalue weighted by atomic mass is 10.0. The van der Waals surface area contributed by atoms with Gasteiger partial charge in [0.25, 0.3) is 0 Å². The van der Waals surface area contributed by atoms with Gasteiger partial charge in [0.15, 0.2) is 0 Å². The molecule has 0 spiro atoms. The number of esters is 2. The van der Waals surface area contributed by atoms with Gasteiger partial charge in [0.05, 0.1) is 13.2 Å². The van der Waals surface area contributed by atoms with Gasteiger partial charge in [-0.3, -0.25) is 9.59 Å². The lowest BCUT2D eigenvalue weighted by molar-refractivity contribution is -0.146. The first kappa shape index (κ1) is 45.9. The second-order valence-electron chi connectivity index (χ2n) is 14.6. The third-order valence-corrected chi connectivity index (χ3v) is 9.78. The Kier molecular flexibility index (Phi) is 40.2. The molecule has 0 fully saturated rings. The normalized spacial score (nSPS) is 11.3. The van der Waals surface area contributed by atoms with Gasteiger partial charge >= 0.3 is 11.9 Å². The number of carbonyl (C=O) groups is 2. The summed E-state index contributed by atoms with van der Waals surface area (Å²) in [5, 5.41) is 0. The van der Waals surface area contributed by atoms with Crippen LogP contribution in [-0.4, -0.2) is 25.2 Å². The van der Waals surface area contributed by atoms with Crippen molar-refractivity contribution in [1.29, 1.82) is 0 Å². The van der Waals surface area contributed by atoms with Crippen LogP contribution in [0.5, 0.6) is 0 Å². The Labute approximate surface area is 295 Å². The summed E-state index contributed by atoms with van der Waals surface area (Å²) in [6.07, 6.45) is 47.2. The van der Waals surface area contributed by atoms with Gasteiger partial charge in [-0.05, 0) is 12.8 Å². The average Bonchev–Trinajstić information content (AvgIpc) is 3.07. The summed E-state index contributed by atoms with van der Waals surface area (Å²) in [5.41, 5.74) is 0. The Morgan fingerprint density at radius 3 is 0.681 bits per heavy atom. The molecule has 0 aliphatic heterocycles. The molecule has 0 rings (SSSR count). The standard InChI is InChI=1S/C43H84O4/c1-3-5-7-9-11-13-15-17-19-21-23-25-27-29-31-33-35-38-42(44)46-40-37-41-47-43(45)39-36-34-32-30-28-26-24-22-20-18-16-14-12-10-8-6-4-2/h3-41H2,1-2H3. The van der Waals surface area contributed by atoms with Crippen molar-refractivity contribution in [3.63, 3.8) is 0 Å².